The monoisotopic (exact) mass is 418 g/mol. The van der Waals surface area contributed by atoms with Crippen molar-refractivity contribution in [1.82, 2.24) is 0 Å². The smallest absolute Gasteiger partial charge is 0.172 e. The summed E-state index contributed by atoms with van der Waals surface area (Å²) in [5.41, 5.74) is 1.62. The third-order valence-electron chi connectivity index (χ3n) is 10.3. The summed E-state index contributed by atoms with van der Waals surface area (Å²) in [7, 11) is 0. The third-order valence-corrected chi connectivity index (χ3v) is 10.3. The van der Waals surface area contributed by atoms with E-state index in [0.717, 1.165) is 38.5 Å². The third kappa shape index (κ3) is 2.59. The number of hydrogen-bond acceptors (Lipinski definition) is 5. The molecule has 30 heavy (non-hydrogen) atoms. The molecule has 0 unspecified atom stereocenters. The fourth-order valence-electron chi connectivity index (χ4n) is 9.07. The molecule has 0 radical (unpaired) electrons. The summed E-state index contributed by atoms with van der Waals surface area (Å²) in [5, 5.41) is 11.7. The zero-order valence-corrected chi connectivity index (χ0v) is 18.8. The first-order valence-electron chi connectivity index (χ1n) is 12.2. The average molecular weight is 419 g/mol. The van der Waals surface area contributed by atoms with Crippen molar-refractivity contribution in [2.45, 2.75) is 83.4 Å². The van der Waals surface area contributed by atoms with Crippen LogP contribution in [0.5, 0.6) is 0 Å². The highest BCUT2D eigenvalue weighted by Gasteiger charge is 2.65. The van der Waals surface area contributed by atoms with Gasteiger partial charge < -0.3 is 24.1 Å². The molecule has 0 aromatic heterocycles. The van der Waals surface area contributed by atoms with Crippen LogP contribution in [-0.4, -0.2) is 49.2 Å². The first-order valence-corrected chi connectivity index (χ1v) is 12.2. The zero-order valence-electron chi connectivity index (χ0n) is 18.8. The summed E-state index contributed by atoms with van der Waals surface area (Å²) in [5.74, 6) is 1.00. The van der Waals surface area contributed by atoms with E-state index in [2.05, 4.69) is 26.8 Å². The van der Waals surface area contributed by atoms with E-state index in [4.69, 9.17) is 18.9 Å². The standard InChI is InChI=1S/C25H38O5/c1-22-8-9-25(29-12-13-30-25)14-16(22)4-5-17-18-6-7-20(24(3)27-10-11-28-24)23(18,2)15-19(26)21(17)22/h4,17-21,26H,5-15H2,1-3H3/t17-,18-,19-,20-,21+,22-,23-/m0/s1. The number of fused-ring (bicyclic) bond motifs is 5. The van der Waals surface area contributed by atoms with Crippen LogP contribution in [0.3, 0.4) is 0 Å². The summed E-state index contributed by atoms with van der Waals surface area (Å²) in [6.45, 7) is 9.78. The lowest BCUT2D eigenvalue weighted by molar-refractivity contribution is -0.227. The number of ether oxygens (including phenoxy) is 4. The summed E-state index contributed by atoms with van der Waals surface area (Å²) in [6, 6.07) is 0. The number of rotatable bonds is 1. The Hall–Kier alpha value is -0.460. The maximum atomic E-state index is 11.7. The van der Waals surface area contributed by atoms with Gasteiger partial charge in [0.25, 0.3) is 0 Å². The van der Waals surface area contributed by atoms with Crippen molar-refractivity contribution in [1.29, 1.82) is 0 Å². The van der Waals surface area contributed by atoms with Crippen molar-refractivity contribution in [3.63, 3.8) is 0 Å². The maximum Gasteiger partial charge on any atom is 0.172 e. The average Bonchev–Trinajstić information content (AvgIpc) is 3.41. The van der Waals surface area contributed by atoms with Crippen molar-refractivity contribution in [3.8, 4) is 0 Å². The molecule has 5 nitrogen and oxygen atoms in total. The predicted molar refractivity (Wildman–Crippen MR) is 112 cm³/mol. The van der Waals surface area contributed by atoms with Gasteiger partial charge in [-0.1, -0.05) is 25.5 Å². The predicted octanol–water partition coefficient (Wildman–Crippen LogP) is 4.04. The molecule has 0 aromatic carbocycles. The topological polar surface area (TPSA) is 57.2 Å². The van der Waals surface area contributed by atoms with Gasteiger partial charge in [-0.15, -0.1) is 0 Å². The van der Waals surface area contributed by atoms with Gasteiger partial charge in [0.1, 0.15) is 0 Å². The van der Waals surface area contributed by atoms with Crippen LogP contribution in [0.25, 0.3) is 0 Å². The minimum atomic E-state index is -0.482. The molecule has 5 fully saturated rings. The SMILES string of the molecule is CC1([C@H]2CC[C@H]3[C@@H]4CC=C5CC6(CC[C@]5(C)[C@H]4[C@@H](O)C[C@]23C)OCCO6)OCCO1. The Morgan fingerprint density at radius 3 is 2.37 bits per heavy atom. The Balaban J connectivity index is 1.32. The lowest BCUT2D eigenvalue weighted by atomic mass is 9.46. The van der Waals surface area contributed by atoms with E-state index in [0.29, 0.717) is 50.1 Å². The van der Waals surface area contributed by atoms with Gasteiger partial charge >= 0.3 is 0 Å². The molecule has 2 heterocycles. The molecule has 3 saturated carbocycles. The molecule has 168 valence electrons. The molecular formula is C25H38O5. The molecular weight excluding hydrogens is 380 g/mol. The summed E-state index contributed by atoms with van der Waals surface area (Å²) in [4.78, 5) is 0. The number of hydrogen-bond donors (Lipinski definition) is 1. The molecule has 1 N–H and O–H groups in total. The molecule has 0 aromatic rings. The highest BCUT2D eigenvalue weighted by molar-refractivity contribution is 5.28. The molecule has 1 spiro atoms. The summed E-state index contributed by atoms with van der Waals surface area (Å²) >= 11 is 0. The van der Waals surface area contributed by atoms with Crippen molar-refractivity contribution in [2.24, 2.45) is 34.5 Å². The Labute approximate surface area is 180 Å². The zero-order chi connectivity index (χ0) is 20.8. The van der Waals surface area contributed by atoms with E-state index in [-0.39, 0.29) is 16.9 Å². The fraction of sp³-hybridized carbons (Fsp3) is 0.920. The second kappa shape index (κ2) is 6.54. The van der Waals surface area contributed by atoms with Crippen LogP contribution < -0.4 is 0 Å². The van der Waals surface area contributed by atoms with Gasteiger partial charge in [0.15, 0.2) is 11.6 Å². The van der Waals surface area contributed by atoms with Gasteiger partial charge in [-0.25, -0.2) is 0 Å². The minimum absolute atomic E-state index is 0.0621. The largest absolute Gasteiger partial charge is 0.393 e. The van der Waals surface area contributed by atoms with Crippen LogP contribution in [0.4, 0.5) is 0 Å². The first-order chi connectivity index (χ1) is 14.3. The molecule has 5 heteroatoms. The van der Waals surface area contributed by atoms with Crippen LogP contribution in [0.2, 0.25) is 0 Å². The van der Waals surface area contributed by atoms with Crippen molar-refractivity contribution >= 4 is 0 Å². The Kier molecular flexibility index (Phi) is 4.40. The minimum Gasteiger partial charge on any atom is -0.393 e. The number of aliphatic hydroxyl groups excluding tert-OH is 1. The molecule has 0 amide bonds. The quantitative estimate of drug-likeness (QED) is 0.651. The highest BCUT2D eigenvalue weighted by atomic mass is 16.7. The van der Waals surface area contributed by atoms with Gasteiger partial charge in [-0.3, -0.25) is 0 Å². The molecule has 2 aliphatic heterocycles. The second-order valence-electron chi connectivity index (χ2n) is 11.6. The molecule has 4 aliphatic carbocycles. The van der Waals surface area contributed by atoms with Gasteiger partial charge in [0, 0.05) is 18.8 Å². The van der Waals surface area contributed by atoms with Gasteiger partial charge in [-0.05, 0) is 67.6 Å². The lowest BCUT2D eigenvalue weighted by Gasteiger charge is -2.61. The van der Waals surface area contributed by atoms with Gasteiger partial charge in [-0.2, -0.15) is 0 Å². The van der Waals surface area contributed by atoms with E-state index in [1.165, 1.54) is 12.0 Å². The second-order valence-corrected chi connectivity index (χ2v) is 11.6. The maximum absolute atomic E-state index is 11.7. The fourth-order valence-corrected chi connectivity index (χ4v) is 9.07. The van der Waals surface area contributed by atoms with Crippen molar-refractivity contribution in [3.05, 3.63) is 11.6 Å². The Morgan fingerprint density at radius 2 is 1.63 bits per heavy atom. The van der Waals surface area contributed by atoms with Crippen LogP contribution in [-0.2, 0) is 18.9 Å². The van der Waals surface area contributed by atoms with Crippen LogP contribution >= 0.6 is 0 Å². The van der Waals surface area contributed by atoms with E-state index in [9.17, 15) is 5.11 Å². The molecule has 0 bridgehead atoms. The van der Waals surface area contributed by atoms with Crippen LogP contribution in [0.15, 0.2) is 11.6 Å². The molecule has 6 aliphatic rings. The number of aliphatic hydroxyl groups is 1. The first kappa shape index (κ1) is 20.2. The van der Waals surface area contributed by atoms with E-state index >= 15 is 0 Å². The summed E-state index contributed by atoms with van der Waals surface area (Å²) in [6.07, 6.45) is 9.43. The Bertz CT molecular complexity index is 736. The van der Waals surface area contributed by atoms with Gasteiger partial charge in [0.05, 0.1) is 32.5 Å². The highest BCUT2D eigenvalue weighted by Crippen LogP contribution is 2.68. The lowest BCUT2D eigenvalue weighted by Crippen LogP contribution is -2.59. The number of allylic oxidation sites excluding steroid dienone is 1. The normalized spacial score (nSPS) is 51.3. The van der Waals surface area contributed by atoms with E-state index in [1.807, 2.05) is 0 Å². The van der Waals surface area contributed by atoms with E-state index in [1.54, 1.807) is 0 Å². The molecule has 2 saturated heterocycles. The van der Waals surface area contributed by atoms with Crippen molar-refractivity contribution in [2.75, 3.05) is 26.4 Å². The molecule has 6 rings (SSSR count). The van der Waals surface area contributed by atoms with Crippen LogP contribution in [0.1, 0.15) is 65.7 Å². The van der Waals surface area contributed by atoms with Crippen LogP contribution in [0, 0.1) is 34.5 Å². The molecule has 7 atom stereocenters. The van der Waals surface area contributed by atoms with Gasteiger partial charge in [0.2, 0.25) is 0 Å². The van der Waals surface area contributed by atoms with E-state index < -0.39 is 11.6 Å². The summed E-state index contributed by atoms with van der Waals surface area (Å²) < 4.78 is 24.4. The Morgan fingerprint density at radius 1 is 0.933 bits per heavy atom. The van der Waals surface area contributed by atoms with Crippen molar-refractivity contribution < 1.29 is 24.1 Å².